The van der Waals surface area contributed by atoms with E-state index in [0.29, 0.717) is 0 Å². The van der Waals surface area contributed by atoms with E-state index in [4.69, 9.17) is 11.6 Å². The van der Waals surface area contributed by atoms with Gasteiger partial charge in [-0.1, -0.05) is 96.5 Å². The fraction of sp³-hybridized carbons (Fsp3) is 0.0667. The Morgan fingerprint density at radius 1 is 0.571 bits per heavy atom. The van der Waals surface area contributed by atoms with Gasteiger partial charge in [-0.25, -0.2) is 0 Å². The van der Waals surface area contributed by atoms with Crippen LogP contribution in [0.25, 0.3) is 58.7 Å². The summed E-state index contributed by atoms with van der Waals surface area (Å²) in [6.07, 6.45) is 3.14. The maximum atomic E-state index is 6.66. The molecule has 2 aromatic heterocycles. The molecule has 0 radical (unpaired) electrons. The van der Waals surface area contributed by atoms with E-state index >= 15 is 0 Å². The van der Waals surface area contributed by atoms with Crippen LogP contribution in [0.3, 0.4) is 0 Å². The first-order valence-electron chi connectivity index (χ1n) is 16.9. The largest absolute Gasteiger partial charge is 0.313 e. The lowest BCUT2D eigenvalue weighted by Gasteiger charge is -2.26. The Bertz CT molecular complexity index is 2710. The molecule has 10 rings (SSSR count). The standard InChI is InChI=1S/C45H31ClN2S/c46-31-20-18-30-11-9-17-41-44(39(30)26-31)38-24-21-35(28-42(38)48(41)33-14-5-2-6-15-33)47(32-12-3-1-4-13-32)34-22-25-43-40(27-34)37-23-19-29-10-7-8-16-36(29)45(37)49-43/h1-8,10,12-16,18-28H,9,11,17H2. The molecule has 1 aliphatic carbocycles. The maximum Gasteiger partial charge on any atom is 0.0558 e. The van der Waals surface area contributed by atoms with Gasteiger partial charge in [0, 0.05) is 64.6 Å². The summed E-state index contributed by atoms with van der Waals surface area (Å²) in [5, 5.41) is 7.24. The second-order valence-electron chi connectivity index (χ2n) is 13.0. The molecule has 2 heterocycles. The zero-order chi connectivity index (χ0) is 32.5. The third-order valence-electron chi connectivity index (χ3n) is 10.1. The summed E-state index contributed by atoms with van der Waals surface area (Å²) >= 11 is 8.55. The number of aryl methyl sites for hydroxylation is 1. The highest BCUT2D eigenvalue weighted by atomic mass is 35.5. The fourth-order valence-electron chi connectivity index (χ4n) is 7.98. The average Bonchev–Trinajstić information content (AvgIpc) is 3.62. The normalized spacial score (nSPS) is 12.8. The number of benzene rings is 7. The number of anilines is 3. The molecule has 2 nitrogen and oxygen atoms in total. The minimum atomic E-state index is 0.781. The zero-order valence-corrected chi connectivity index (χ0v) is 28.3. The van der Waals surface area contributed by atoms with E-state index in [1.54, 1.807) is 0 Å². The number of hydrogen-bond acceptors (Lipinski definition) is 2. The number of nitrogens with zero attached hydrogens (tertiary/aromatic N) is 2. The number of rotatable bonds is 4. The third-order valence-corrected chi connectivity index (χ3v) is 11.6. The van der Waals surface area contributed by atoms with Crippen molar-refractivity contribution in [1.29, 1.82) is 0 Å². The Morgan fingerprint density at radius 3 is 2.20 bits per heavy atom. The number of halogens is 1. The summed E-state index contributed by atoms with van der Waals surface area (Å²) in [5.74, 6) is 0. The lowest BCUT2D eigenvalue weighted by atomic mass is 9.97. The van der Waals surface area contributed by atoms with Crippen LogP contribution in [0.15, 0.2) is 152 Å². The maximum absolute atomic E-state index is 6.66. The summed E-state index contributed by atoms with van der Waals surface area (Å²) in [5.41, 5.74) is 11.1. The lowest BCUT2D eigenvalue weighted by Crippen LogP contribution is -2.10. The van der Waals surface area contributed by atoms with Crippen LogP contribution in [0.1, 0.15) is 17.7 Å². The topological polar surface area (TPSA) is 8.17 Å². The second-order valence-corrected chi connectivity index (χ2v) is 14.5. The Hall–Kier alpha value is -5.35. The Labute approximate surface area is 294 Å². The highest BCUT2D eigenvalue weighted by Crippen LogP contribution is 2.46. The lowest BCUT2D eigenvalue weighted by molar-refractivity contribution is 0.798. The number of thiophene rings is 1. The van der Waals surface area contributed by atoms with Crippen molar-refractivity contribution in [3.63, 3.8) is 0 Å². The van der Waals surface area contributed by atoms with Gasteiger partial charge >= 0.3 is 0 Å². The molecule has 0 spiro atoms. The van der Waals surface area contributed by atoms with Gasteiger partial charge in [-0.2, -0.15) is 0 Å². The predicted molar refractivity (Wildman–Crippen MR) is 211 cm³/mol. The molecular formula is C45H31ClN2S. The molecule has 0 N–H and O–H groups in total. The van der Waals surface area contributed by atoms with Crippen LogP contribution in [0.2, 0.25) is 5.02 Å². The van der Waals surface area contributed by atoms with Gasteiger partial charge in [0.1, 0.15) is 0 Å². The highest BCUT2D eigenvalue weighted by molar-refractivity contribution is 7.26. The summed E-state index contributed by atoms with van der Waals surface area (Å²) in [6.45, 7) is 0. The quantitative estimate of drug-likeness (QED) is 0.181. The molecule has 0 amide bonds. The molecule has 234 valence electrons. The van der Waals surface area contributed by atoms with Crippen LogP contribution in [-0.2, 0) is 12.8 Å². The summed E-state index contributed by atoms with van der Waals surface area (Å²) in [7, 11) is 0. The van der Waals surface area contributed by atoms with Crippen LogP contribution < -0.4 is 4.90 Å². The molecule has 0 atom stereocenters. The van der Waals surface area contributed by atoms with Crippen molar-refractivity contribution >= 4 is 81.8 Å². The first-order valence-corrected chi connectivity index (χ1v) is 18.1. The molecule has 1 aliphatic rings. The Balaban J connectivity index is 1.23. The van der Waals surface area contributed by atoms with Gasteiger partial charge in [0.15, 0.2) is 0 Å². The molecule has 0 saturated heterocycles. The molecule has 9 aromatic rings. The fourth-order valence-corrected chi connectivity index (χ4v) is 9.37. The molecule has 0 bridgehead atoms. The SMILES string of the molecule is Clc1ccc2c(c1)-c1c(n(-c3ccccc3)c3cc(N(c4ccccc4)c4ccc5sc6c7ccccc7ccc6c5c4)ccc13)CCC2. The summed E-state index contributed by atoms with van der Waals surface area (Å²) in [6, 6.07) is 55.2. The first kappa shape index (κ1) is 28.6. The molecule has 7 aromatic carbocycles. The van der Waals surface area contributed by atoms with E-state index in [1.807, 2.05) is 17.4 Å². The van der Waals surface area contributed by atoms with Gasteiger partial charge in [0.05, 0.1) is 5.52 Å². The van der Waals surface area contributed by atoms with E-state index in [0.717, 1.165) is 41.3 Å². The van der Waals surface area contributed by atoms with Gasteiger partial charge in [0.2, 0.25) is 0 Å². The predicted octanol–water partition coefficient (Wildman–Crippen LogP) is 13.4. The summed E-state index contributed by atoms with van der Waals surface area (Å²) in [4.78, 5) is 2.40. The van der Waals surface area contributed by atoms with E-state index in [2.05, 4.69) is 155 Å². The minimum absolute atomic E-state index is 0.781. The Kier molecular flexibility index (Phi) is 6.65. The zero-order valence-electron chi connectivity index (χ0n) is 26.7. The molecule has 0 fully saturated rings. The number of aromatic nitrogens is 1. The van der Waals surface area contributed by atoms with E-state index in [1.165, 1.54) is 69.9 Å². The molecule has 49 heavy (non-hydrogen) atoms. The van der Waals surface area contributed by atoms with Gasteiger partial charge < -0.3 is 9.47 Å². The number of para-hydroxylation sites is 2. The Morgan fingerprint density at radius 2 is 1.33 bits per heavy atom. The van der Waals surface area contributed by atoms with Gasteiger partial charge in [-0.15, -0.1) is 11.3 Å². The first-order chi connectivity index (χ1) is 24.2. The van der Waals surface area contributed by atoms with E-state index < -0.39 is 0 Å². The van der Waals surface area contributed by atoms with Crippen molar-refractivity contribution in [3.05, 3.63) is 168 Å². The van der Waals surface area contributed by atoms with Crippen LogP contribution in [-0.4, -0.2) is 4.57 Å². The van der Waals surface area contributed by atoms with Gasteiger partial charge in [0.25, 0.3) is 0 Å². The van der Waals surface area contributed by atoms with Crippen molar-refractivity contribution in [2.45, 2.75) is 19.3 Å². The van der Waals surface area contributed by atoms with Gasteiger partial charge in [-0.3, -0.25) is 0 Å². The van der Waals surface area contributed by atoms with Crippen LogP contribution in [0.4, 0.5) is 17.1 Å². The monoisotopic (exact) mass is 666 g/mol. The molecule has 0 unspecified atom stereocenters. The van der Waals surface area contributed by atoms with Gasteiger partial charge in [-0.05, 0) is 108 Å². The van der Waals surface area contributed by atoms with Crippen molar-refractivity contribution in [2.75, 3.05) is 4.90 Å². The molecular weight excluding hydrogens is 636 g/mol. The number of hydrogen-bond donors (Lipinski definition) is 0. The second kappa shape index (κ2) is 11.4. The van der Waals surface area contributed by atoms with Crippen LogP contribution in [0.5, 0.6) is 0 Å². The minimum Gasteiger partial charge on any atom is -0.313 e. The van der Waals surface area contributed by atoms with Crippen molar-refractivity contribution < 1.29 is 0 Å². The van der Waals surface area contributed by atoms with E-state index in [9.17, 15) is 0 Å². The van der Waals surface area contributed by atoms with E-state index in [-0.39, 0.29) is 0 Å². The molecule has 0 aliphatic heterocycles. The van der Waals surface area contributed by atoms with Crippen molar-refractivity contribution in [3.8, 4) is 16.8 Å². The smallest absolute Gasteiger partial charge is 0.0558 e. The third kappa shape index (κ3) is 4.61. The summed E-state index contributed by atoms with van der Waals surface area (Å²) < 4.78 is 5.15. The molecule has 4 heteroatoms. The highest BCUT2D eigenvalue weighted by Gasteiger charge is 2.25. The van der Waals surface area contributed by atoms with Crippen LogP contribution in [0, 0.1) is 0 Å². The van der Waals surface area contributed by atoms with Crippen molar-refractivity contribution in [1.82, 2.24) is 4.57 Å². The van der Waals surface area contributed by atoms with Crippen LogP contribution >= 0.6 is 22.9 Å². The average molecular weight is 667 g/mol. The molecule has 0 saturated carbocycles. The number of fused-ring (bicyclic) bond motifs is 10. The van der Waals surface area contributed by atoms with Crippen molar-refractivity contribution in [2.24, 2.45) is 0 Å².